The van der Waals surface area contributed by atoms with Gasteiger partial charge in [-0.1, -0.05) is 41.0 Å². The van der Waals surface area contributed by atoms with Gasteiger partial charge in [-0.2, -0.15) is 4.52 Å². The van der Waals surface area contributed by atoms with E-state index in [0.717, 1.165) is 16.9 Å². The molecule has 5 nitrogen and oxygen atoms in total. The maximum atomic E-state index is 4.58. The zero-order chi connectivity index (χ0) is 13.4. The zero-order valence-electron chi connectivity index (χ0n) is 10.6. The molecule has 0 saturated carbocycles. The quantitative estimate of drug-likeness (QED) is 0.515. The molecule has 3 heterocycles. The summed E-state index contributed by atoms with van der Waals surface area (Å²) in [5.41, 5.74) is 3.34. The van der Waals surface area contributed by atoms with E-state index in [9.17, 15) is 0 Å². The summed E-state index contributed by atoms with van der Waals surface area (Å²) in [6.45, 7) is 0. The van der Waals surface area contributed by atoms with Crippen molar-refractivity contribution < 1.29 is 4.63 Å². The van der Waals surface area contributed by atoms with Gasteiger partial charge >= 0.3 is 0 Å². The minimum atomic E-state index is 0.641. The number of hydrogen-bond donors (Lipinski definition) is 0. The van der Waals surface area contributed by atoms with Crippen LogP contribution < -0.4 is 9.73 Å². The molecule has 96 valence electrons. The molecule has 0 aliphatic heterocycles. The second kappa shape index (κ2) is 4.31. The molecule has 0 amide bonds. The molecule has 0 N–H and O–H groups in total. The molecule has 3 aromatic heterocycles. The highest BCUT2D eigenvalue weighted by atomic mass is 15.5. The second-order valence-corrected chi connectivity index (χ2v) is 4.44. The number of aromatic nitrogens is 5. The fraction of sp³-hybridized carbons (Fsp3) is 0. The van der Waals surface area contributed by atoms with E-state index in [-0.39, 0.29) is 0 Å². The van der Waals surface area contributed by atoms with Crippen LogP contribution in [0.15, 0.2) is 55.0 Å². The van der Waals surface area contributed by atoms with Gasteiger partial charge in [-0.05, 0) is 17.8 Å². The average molecular weight is 261 g/mol. The van der Waals surface area contributed by atoms with Crippen molar-refractivity contribution in [1.29, 1.82) is 0 Å². The number of benzene rings is 1. The molecule has 0 saturated heterocycles. The van der Waals surface area contributed by atoms with Crippen LogP contribution in [0.4, 0.5) is 0 Å². The molecule has 0 fully saturated rings. The smallest absolute Gasteiger partial charge is 0.203 e. The van der Waals surface area contributed by atoms with Crippen molar-refractivity contribution in [2.45, 2.75) is 0 Å². The summed E-state index contributed by atoms with van der Waals surface area (Å²) in [4.78, 5) is 8.92. The van der Waals surface area contributed by atoms with Crippen LogP contribution in [0.5, 0.6) is 0 Å². The molecule has 0 radical (unpaired) electrons. The van der Waals surface area contributed by atoms with Gasteiger partial charge in [0.15, 0.2) is 5.65 Å². The highest BCUT2D eigenvalue weighted by molar-refractivity contribution is 5.71. The van der Waals surface area contributed by atoms with Gasteiger partial charge in [0, 0.05) is 12.3 Å². The summed E-state index contributed by atoms with van der Waals surface area (Å²) in [5, 5.41) is 4.32. The Balaban J connectivity index is 1.78. The Morgan fingerprint density at radius 3 is 2.90 bits per heavy atom. The van der Waals surface area contributed by atoms with E-state index in [1.165, 1.54) is 0 Å². The van der Waals surface area contributed by atoms with Crippen LogP contribution in [-0.4, -0.2) is 14.5 Å². The van der Waals surface area contributed by atoms with E-state index >= 15 is 0 Å². The molecule has 4 rings (SSSR count). The van der Waals surface area contributed by atoms with Gasteiger partial charge in [0.1, 0.15) is 5.65 Å². The maximum Gasteiger partial charge on any atom is 0.203 e. The summed E-state index contributed by atoms with van der Waals surface area (Å²) in [6.07, 6.45) is 9.48. The van der Waals surface area contributed by atoms with E-state index in [1.54, 1.807) is 10.8 Å². The fourth-order valence-electron chi connectivity index (χ4n) is 2.12. The van der Waals surface area contributed by atoms with Crippen LogP contribution in [0, 0.1) is 0 Å². The number of rotatable bonds is 2. The van der Waals surface area contributed by atoms with Crippen LogP contribution in [0.1, 0.15) is 11.3 Å². The molecule has 0 spiro atoms. The lowest BCUT2D eigenvalue weighted by atomic mass is 10.2. The lowest BCUT2D eigenvalue weighted by Crippen LogP contribution is -2.28. The first-order valence-electron chi connectivity index (χ1n) is 6.32. The van der Waals surface area contributed by atoms with Crippen molar-refractivity contribution in [2.75, 3.05) is 0 Å². The normalized spacial score (nSPS) is 11.8. The summed E-state index contributed by atoms with van der Waals surface area (Å²) in [6, 6.07) is 12.0. The number of fused-ring (bicyclic) bond motifs is 3. The molecular weight excluding hydrogens is 250 g/mol. The zero-order valence-corrected chi connectivity index (χ0v) is 10.6. The Labute approximate surface area is 114 Å². The van der Waals surface area contributed by atoms with Crippen LogP contribution in [-0.2, 0) is 0 Å². The third kappa shape index (κ3) is 1.76. The van der Waals surface area contributed by atoms with Crippen LogP contribution in [0.2, 0.25) is 0 Å². The molecule has 5 heteroatoms. The summed E-state index contributed by atoms with van der Waals surface area (Å²) >= 11 is 0. The first kappa shape index (κ1) is 10.9. The Kier molecular flexibility index (Phi) is 2.35. The van der Waals surface area contributed by atoms with Gasteiger partial charge in [-0.15, -0.1) is 5.10 Å². The minimum absolute atomic E-state index is 0.641. The summed E-state index contributed by atoms with van der Waals surface area (Å²) in [7, 11) is 0. The highest BCUT2D eigenvalue weighted by Crippen LogP contribution is 2.08. The third-order valence-corrected chi connectivity index (χ3v) is 3.08. The molecule has 0 bridgehead atoms. The highest BCUT2D eigenvalue weighted by Gasteiger charge is 2.05. The number of hydrogen-bond acceptors (Lipinski definition) is 2. The predicted molar refractivity (Wildman–Crippen MR) is 74.8 cm³/mol. The third-order valence-electron chi connectivity index (χ3n) is 3.08. The van der Waals surface area contributed by atoms with E-state index in [2.05, 4.69) is 15.1 Å². The molecule has 0 unspecified atom stereocenters. The van der Waals surface area contributed by atoms with Gasteiger partial charge in [0.25, 0.3) is 0 Å². The molecular formula is C15H11N5. The monoisotopic (exact) mass is 261 g/mol. The summed E-state index contributed by atoms with van der Waals surface area (Å²) < 4.78 is 3.58. The van der Waals surface area contributed by atoms with Crippen LogP contribution >= 0.6 is 0 Å². The minimum Gasteiger partial charge on any atom is -0.360 e. The van der Waals surface area contributed by atoms with Gasteiger partial charge < -0.3 is 4.98 Å². The molecule has 0 atom stereocenters. The predicted octanol–water partition coefficient (Wildman–Crippen LogP) is 1.60. The maximum absolute atomic E-state index is 4.58. The van der Waals surface area contributed by atoms with Gasteiger partial charge in [-0.25, -0.2) is 4.98 Å². The second-order valence-electron chi connectivity index (χ2n) is 4.44. The van der Waals surface area contributed by atoms with Crippen molar-refractivity contribution in [1.82, 2.24) is 19.6 Å². The largest absolute Gasteiger partial charge is 0.360 e. The average Bonchev–Trinajstić information content (AvgIpc) is 3.07. The van der Waals surface area contributed by atoms with Crippen molar-refractivity contribution >= 4 is 23.4 Å². The van der Waals surface area contributed by atoms with Crippen molar-refractivity contribution in [3.63, 3.8) is 0 Å². The van der Waals surface area contributed by atoms with Crippen molar-refractivity contribution in [3.8, 4) is 0 Å². The van der Waals surface area contributed by atoms with Gasteiger partial charge in [0.2, 0.25) is 6.20 Å². The lowest BCUT2D eigenvalue weighted by Gasteiger charge is -1.96. The molecule has 1 aromatic carbocycles. The first-order valence-corrected chi connectivity index (χ1v) is 6.32. The molecule has 0 aliphatic carbocycles. The Hall–Kier alpha value is -2.95. The van der Waals surface area contributed by atoms with Crippen molar-refractivity contribution in [2.24, 2.45) is 0 Å². The first-order chi connectivity index (χ1) is 9.90. The van der Waals surface area contributed by atoms with E-state index < -0.39 is 0 Å². The molecule has 4 aromatic rings. The number of nitrogens with zero attached hydrogens (tertiary/aromatic N) is 5. The van der Waals surface area contributed by atoms with Gasteiger partial charge in [-0.3, -0.25) is 0 Å². The fourth-order valence-corrected chi connectivity index (χ4v) is 2.12. The van der Waals surface area contributed by atoms with E-state index in [0.29, 0.717) is 5.65 Å². The van der Waals surface area contributed by atoms with Crippen LogP contribution in [0.3, 0.4) is 0 Å². The Bertz CT molecular complexity index is 902. The lowest BCUT2D eigenvalue weighted by molar-refractivity contribution is -0.674. The SMILES string of the molecule is C(=Cc1cnc2[n-][n+]3cccn3c2n1)c1ccccc1. The summed E-state index contributed by atoms with van der Waals surface area (Å²) in [5.74, 6) is 0. The van der Waals surface area contributed by atoms with E-state index in [1.807, 2.05) is 65.5 Å². The topological polar surface area (TPSA) is 48.4 Å². The van der Waals surface area contributed by atoms with Crippen LogP contribution in [0.25, 0.3) is 23.4 Å². The Morgan fingerprint density at radius 2 is 2.00 bits per heavy atom. The molecule has 20 heavy (non-hydrogen) atoms. The molecule has 0 aliphatic rings. The Morgan fingerprint density at radius 1 is 1.10 bits per heavy atom. The standard InChI is InChI=1S/C15H11N5/c1-2-5-12(6-3-1)7-8-13-11-16-14-15(17-13)19-9-4-10-20(19)18-14/h1-11H. The van der Waals surface area contributed by atoms with E-state index in [4.69, 9.17) is 0 Å². The van der Waals surface area contributed by atoms with Crippen molar-refractivity contribution in [3.05, 3.63) is 66.2 Å². The van der Waals surface area contributed by atoms with Gasteiger partial charge in [0.05, 0.1) is 5.69 Å².